The SMILES string of the molecule is N/N=C1/CC(C(=O)O)C2c3ccccc3-c3cccc1c32. The maximum absolute atomic E-state index is 11.7. The summed E-state index contributed by atoms with van der Waals surface area (Å²) in [6.45, 7) is 0. The molecule has 0 amide bonds. The Morgan fingerprint density at radius 2 is 1.81 bits per heavy atom. The molecule has 2 aliphatic rings. The first kappa shape index (κ1) is 12.1. The molecule has 0 heterocycles. The third-order valence-electron chi connectivity index (χ3n) is 4.60. The second-order valence-corrected chi connectivity index (χ2v) is 5.56. The van der Waals surface area contributed by atoms with Crippen molar-refractivity contribution in [1.29, 1.82) is 0 Å². The summed E-state index contributed by atoms with van der Waals surface area (Å²) in [4.78, 5) is 11.7. The minimum Gasteiger partial charge on any atom is -0.481 e. The molecule has 2 aromatic rings. The van der Waals surface area contributed by atoms with Crippen LogP contribution in [-0.4, -0.2) is 16.8 Å². The van der Waals surface area contributed by atoms with Crippen molar-refractivity contribution < 1.29 is 9.90 Å². The van der Waals surface area contributed by atoms with Crippen LogP contribution in [0.5, 0.6) is 0 Å². The minimum atomic E-state index is -0.793. The summed E-state index contributed by atoms with van der Waals surface area (Å²) in [5.41, 5.74) is 6.09. The smallest absolute Gasteiger partial charge is 0.307 e. The minimum absolute atomic E-state index is 0.101. The van der Waals surface area contributed by atoms with Crippen LogP contribution < -0.4 is 5.84 Å². The van der Waals surface area contributed by atoms with Gasteiger partial charge in [0.25, 0.3) is 0 Å². The van der Waals surface area contributed by atoms with Gasteiger partial charge < -0.3 is 10.9 Å². The molecule has 104 valence electrons. The fourth-order valence-electron chi connectivity index (χ4n) is 3.76. The number of benzene rings is 2. The Labute approximate surface area is 121 Å². The topological polar surface area (TPSA) is 75.7 Å². The molecule has 0 aromatic heterocycles. The number of carboxylic acid groups (broad SMARTS) is 1. The largest absolute Gasteiger partial charge is 0.481 e. The van der Waals surface area contributed by atoms with E-state index in [1.807, 2.05) is 30.3 Å². The van der Waals surface area contributed by atoms with E-state index in [9.17, 15) is 9.90 Å². The number of hydrogen-bond donors (Lipinski definition) is 2. The van der Waals surface area contributed by atoms with Gasteiger partial charge in [-0.3, -0.25) is 4.79 Å². The third kappa shape index (κ3) is 1.50. The second kappa shape index (κ2) is 4.19. The van der Waals surface area contributed by atoms with E-state index in [-0.39, 0.29) is 5.92 Å². The monoisotopic (exact) mass is 278 g/mol. The molecule has 0 saturated carbocycles. The molecule has 2 atom stereocenters. The van der Waals surface area contributed by atoms with E-state index >= 15 is 0 Å². The second-order valence-electron chi connectivity index (χ2n) is 5.56. The molecule has 3 N–H and O–H groups in total. The van der Waals surface area contributed by atoms with Crippen LogP contribution in [0.4, 0.5) is 0 Å². The molecule has 4 heteroatoms. The number of hydrazone groups is 1. The molecule has 0 aliphatic heterocycles. The van der Waals surface area contributed by atoms with Gasteiger partial charge in [-0.25, -0.2) is 0 Å². The first-order chi connectivity index (χ1) is 10.2. The Morgan fingerprint density at radius 1 is 1.10 bits per heavy atom. The number of nitrogens with zero attached hydrogens (tertiary/aromatic N) is 1. The van der Waals surface area contributed by atoms with E-state index in [1.165, 1.54) is 0 Å². The van der Waals surface area contributed by atoms with Crippen LogP contribution in [0.15, 0.2) is 47.6 Å². The van der Waals surface area contributed by atoms with E-state index in [1.54, 1.807) is 0 Å². The van der Waals surface area contributed by atoms with Crippen molar-refractivity contribution in [2.75, 3.05) is 0 Å². The van der Waals surface area contributed by atoms with Crippen LogP contribution in [0.1, 0.15) is 29.0 Å². The summed E-state index contributed by atoms with van der Waals surface area (Å²) in [5, 5.41) is 13.5. The van der Waals surface area contributed by atoms with Crippen molar-refractivity contribution in [2.45, 2.75) is 12.3 Å². The fraction of sp³-hybridized carbons (Fsp3) is 0.176. The number of nitrogens with two attached hydrogens (primary N) is 1. The lowest BCUT2D eigenvalue weighted by Crippen LogP contribution is -2.31. The third-order valence-corrected chi connectivity index (χ3v) is 4.60. The van der Waals surface area contributed by atoms with Gasteiger partial charge in [0, 0.05) is 17.9 Å². The van der Waals surface area contributed by atoms with Crippen molar-refractivity contribution in [1.82, 2.24) is 0 Å². The van der Waals surface area contributed by atoms with E-state index < -0.39 is 11.9 Å². The average molecular weight is 278 g/mol. The average Bonchev–Trinajstić information content (AvgIpc) is 2.85. The summed E-state index contributed by atoms with van der Waals surface area (Å²) >= 11 is 0. The zero-order valence-corrected chi connectivity index (χ0v) is 11.3. The lowest BCUT2D eigenvalue weighted by atomic mass is 9.73. The van der Waals surface area contributed by atoms with Crippen LogP contribution in [0, 0.1) is 5.92 Å². The normalized spacial score (nSPS) is 23.7. The first-order valence-electron chi connectivity index (χ1n) is 6.94. The Hall–Kier alpha value is -2.62. The molecule has 4 nitrogen and oxygen atoms in total. The number of hydrogen-bond acceptors (Lipinski definition) is 3. The summed E-state index contributed by atoms with van der Waals surface area (Å²) in [6.07, 6.45) is 0.376. The molecular weight excluding hydrogens is 264 g/mol. The standard InChI is InChI=1S/C17H14N2O2/c18-19-14-8-13(17(20)21)16-10-5-2-1-4-9(10)11-6-3-7-12(14)15(11)16/h1-7,13,16H,8,18H2,(H,20,21)/b19-14-. The van der Waals surface area contributed by atoms with Crippen LogP contribution in [0.2, 0.25) is 0 Å². The van der Waals surface area contributed by atoms with Crippen LogP contribution in [-0.2, 0) is 4.79 Å². The van der Waals surface area contributed by atoms with Crippen LogP contribution in [0.3, 0.4) is 0 Å². The van der Waals surface area contributed by atoms with E-state index in [4.69, 9.17) is 5.84 Å². The number of aliphatic carboxylic acids is 1. The highest BCUT2D eigenvalue weighted by molar-refractivity contribution is 6.08. The molecule has 2 unspecified atom stereocenters. The van der Waals surface area contributed by atoms with Gasteiger partial charge in [-0.1, -0.05) is 42.5 Å². The van der Waals surface area contributed by atoms with Crippen LogP contribution in [0.25, 0.3) is 11.1 Å². The number of fused-ring (bicyclic) bond motifs is 3. The Kier molecular flexibility index (Phi) is 2.42. The highest BCUT2D eigenvalue weighted by atomic mass is 16.4. The van der Waals surface area contributed by atoms with Gasteiger partial charge in [0.15, 0.2) is 0 Å². The maximum atomic E-state index is 11.7. The lowest BCUT2D eigenvalue weighted by Gasteiger charge is -2.29. The van der Waals surface area contributed by atoms with Crippen molar-refractivity contribution in [3.63, 3.8) is 0 Å². The van der Waals surface area contributed by atoms with Gasteiger partial charge in [-0.15, -0.1) is 0 Å². The van der Waals surface area contributed by atoms with Gasteiger partial charge in [-0.2, -0.15) is 5.10 Å². The molecular formula is C17H14N2O2. The van der Waals surface area contributed by atoms with Gasteiger partial charge in [-0.05, 0) is 22.3 Å². The fourth-order valence-corrected chi connectivity index (χ4v) is 3.76. The zero-order chi connectivity index (χ0) is 14.6. The number of carbonyl (C=O) groups is 1. The van der Waals surface area contributed by atoms with Gasteiger partial charge in [0.05, 0.1) is 11.6 Å². The molecule has 0 fully saturated rings. The predicted octanol–water partition coefficient (Wildman–Crippen LogP) is 2.57. The molecule has 2 aromatic carbocycles. The first-order valence-corrected chi connectivity index (χ1v) is 6.94. The van der Waals surface area contributed by atoms with Crippen molar-refractivity contribution >= 4 is 11.7 Å². The van der Waals surface area contributed by atoms with Crippen molar-refractivity contribution in [2.24, 2.45) is 16.9 Å². The Morgan fingerprint density at radius 3 is 2.57 bits per heavy atom. The van der Waals surface area contributed by atoms with Crippen LogP contribution >= 0.6 is 0 Å². The molecule has 0 spiro atoms. The van der Waals surface area contributed by atoms with E-state index in [2.05, 4.69) is 17.2 Å². The molecule has 0 saturated heterocycles. The van der Waals surface area contributed by atoms with E-state index in [0.29, 0.717) is 12.1 Å². The predicted molar refractivity (Wildman–Crippen MR) is 80.2 cm³/mol. The van der Waals surface area contributed by atoms with E-state index in [0.717, 1.165) is 27.8 Å². The Balaban J connectivity index is 2.07. The molecule has 21 heavy (non-hydrogen) atoms. The summed E-state index contributed by atoms with van der Waals surface area (Å²) in [6, 6.07) is 14.1. The number of carboxylic acids is 1. The van der Waals surface area contributed by atoms with Gasteiger partial charge >= 0.3 is 5.97 Å². The summed E-state index contributed by atoms with van der Waals surface area (Å²) in [7, 11) is 0. The lowest BCUT2D eigenvalue weighted by molar-refractivity contribution is -0.142. The summed E-state index contributed by atoms with van der Waals surface area (Å²) < 4.78 is 0. The van der Waals surface area contributed by atoms with Gasteiger partial charge in [0.1, 0.15) is 0 Å². The van der Waals surface area contributed by atoms with Crippen molar-refractivity contribution in [3.8, 4) is 11.1 Å². The molecule has 4 rings (SSSR count). The maximum Gasteiger partial charge on any atom is 0.307 e. The number of rotatable bonds is 1. The molecule has 0 radical (unpaired) electrons. The quantitative estimate of drug-likeness (QED) is 0.621. The summed E-state index contributed by atoms with van der Waals surface area (Å²) in [5.74, 6) is 4.09. The molecule has 2 aliphatic carbocycles. The zero-order valence-electron chi connectivity index (χ0n) is 11.3. The highest BCUT2D eigenvalue weighted by Gasteiger charge is 2.43. The molecule has 0 bridgehead atoms. The van der Waals surface area contributed by atoms with Gasteiger partial charge in [0.2, 0.25) is 0 Å². The Bertz CT molecular complexity index is 795. The van der Waals surface area contributed by atoms with Crippen molar-refractivity contribution in [3.05, 3.63) is 59.2 Å². The highest BCUT2D eigenvalue weighted by Crippen LogP contribution is 2.53.